The highest BCUT2D eigenvalue weighted by molar-refractivity contribution is 5.95. The lowest BCUT2D eigenvalue weighted by Gasteiger charge is -2.33. The van der Waals surface area contributed by atoms with Crippen LogP contribution in [0.5, 0.6) is 5.75 Å². The van der Waals surface area contributed by atoms with E-state index in [9.17, 15) is 9.59 Å². The highest BCUT2D eigenvalue weighted by atomic mass is 16.5. The number of benzene rings is 2. The van der Waals surface area contributed by atoms with Crippen molar-refractivity contribution < 1.29 is 14.3 Å². The van der Waals surface area contributed by atoms with Gasteiger partial charge in [-0.3, -0.25) is 9.59 Å². The van der Waals surface area contributed by atoms with Crippen LogP contribution in [-0.2, 0) is 9.59 Å². The molecule has 1 aliphatic rings. The van der Waals surface area contributed by atoms with Crippen molar-refractivity contribution in [2.45, 2.75) is 25.9 Å². The Balaban J connectivity index is 1.66. The maximum Gasteiger partial charge on any atom is 0.262 e. The number of carbonyl (C=O) groups excluding carboxylic acids is 2. The molecule has 0 unspecified atom stereocenters. The molecule has 1 aliphatic heterocycles. The number of nitrogens with zero attached hydrogens (tertiary/aromatic N) is 1. The smallest absolute Gasteiger partial charge is 0.262 e. The van der Waals surface area contributed by atoms with E-state index in [2.05, 4.69) is 12.2 Å². The first-order valence-corrected chi connectivity index (χ1v) is 8.42. The average molecular weight is 338 g/mol. The number of rotatable bonds is 4. The van der Waals surface area contributed by atoms with Crippen LogP contribution >= 0.6 is 0 Å². The molecule has 0 fully saturated rings. The molecule has 1 N–H and O–H groups in total. The Hall–Kier alpha value is -2.82. The molecule has 0 radical (unpaired) electrons. The van der Waals surface area contributed by atoms with Gasteiger partial charge in [0.1, 0.15) is 5.75 Å². The second-order valence-electron chi connectivity index (χ2n) is 6.26. The van der Waals surface area contributed by atoms with Crippen LogP contribution < -0.4 is 15.0 Å². The number of amides is 2. The van der Waals surface area contributed by atoms with Gasteiger partial charge in [0.25, 0.3) is 5.91 Å². The van der Waals surface area contributed by atoms with E-state index in [4.69, 9.17) is 4.74 Å². The monoisotopic (exact) mass is 338 g/mol. The van der Waals surface area contributed by atoms with Gasteiger partial charge in [0, 0.05) is 13.5 Å². The van der Waals surface area contributed by atoms with Crippen molar-refractivity contribution >= 4 is 17.5 Å². The molecule has 1 heterocycles. The standard InChI is InChI=1S/C20H22N2O3/c1-14(16-8-4-3-5-9-16)12-21-20(24)19-13-22(15(2)23)17-10-6-7-11-18(17)25-19/h3-11,14,19H,12-13H2,1-2H3,(H,21,24)/t14-,19+/m1/s1. The van der Waals surface area contributed by atoms with E-state index in [-0.39, 0.29) is 24.3 Å². The fourth-order valence-corrected chi connectivity index (χ4v) is 2.94. The summed E-state index contributed by atoms with van der Waals surface area (Å²) in [4.78, 5) is 26.0. The third kappa shape index (κ3) is 3.82. The van der Waals surface area contributed by atoms with E-state index in [0.717, 1.165) is 0 Å². The van der Waals surface area contributed by atoms with Crippen molar-refractivity contribution in [2.75, 3.05) is 18.0 Å². The Morgan fingerprint density at radius 2 is 1.84 bits per heavy atom. The van der Waals surface area contributed by atoms with Crippen LogP contribution in [0.1, 0.15) is 25.3 Å². The van der Waals surface area contributed by atoms with E-state index in [1.165, 1.54) is 12.5 Å². The van der Waals surface area contributed by atoms with Gasteiger partial charge >= 0.3 is 0 Å². The van der Waals surface area contributed by atoms with Crippen LogP contribution in [0, 0.1) is 0 Å². The molecular formula is C20H22N2O3. The van der Waals surface area contributed by atoms with Gasteiger partial charge in [0.15, 0.2) is 6.10 Å². The minimum absolute atomic E-state index is 0.105. The van der Waals surface area contributed by atoms with Gasteiger partial charge in [-0.15, -0.1) is 0 Å². The van der Waals surface area contributed by atoms with E-state index >= 15 is 0 Å². The lowest BCUT2D eigenvalue weighted by atomic mass is 10.0. The third-order valence-corrected chi connectivity index (χ3v) is 4.40. The molecular weight excluding hydrogens is 316 g/mol. The van der Waals surface area contributed by atoms with Gasteiger partial charge in [-0.05, 0) is 23.6 Å². The Morgan fingerprint density at radius 3 is 2.56 bits per heavy atom. The zero-order chi connectivity index (χ0) is 17.8. The van der Waals surface area contributed by atoms with E-state index in [0.29, 0.717) is 18.0 Å². The zero-order valence-electron chi connectivity index (χ0n) is 14.4. The normalized spacial score (nSPS) is 17.2. The van der Waals surface area contributed by atoms with E-state index in [1.807, 2.05) is 48.5 Å². The summed E-state index contributed by atoms with van der Waals surface area (Å²) >= 11 is 0. The largest absolute Gasteiger partial charge is 0.477 e. The minimum Gasteiger partial charge on any atom is -0.477 e. The molecule has 5 heteroatoms. The first-order chi connectivity index (χ1) is 12.1. The first kappa shape index (κ1) is 17.0. The maximum atomic E-state index is 12.5. The number of anilines is 1. The maximum absolute atomic E-state index is 12.5. The minimum atomic E-state index is -0.707. The molecule has 25 heavy (non-hydrogen) atoms. The fourth-order valence-electron chi connectivity index (χ4n) is 2.94. The molecule has 2 aromatic rings. The summed E-state index contributed by atoms with van der Waals surface area (Å²) in [7, 11) is 0. The van der Waals surface area contributed by atoms with Crippen LogP contribution in [0.2, 0.25) is 0 Å². The Bertz CT molecular complexity index is 761. The molecule has 0 aliphatic carbocycles. The third-order valence-electron chi connectivity index (χ3n) is 4.40. The topological polar surface area (TPSA) is 58.6 Å². The predicted molar refractivity (Wildman–Crippen MR) is 96.8 cm³/mol. The number of hydrogen-bond donors (Lipinski definition) is 1. The van der Waals surface area contributed by atoms with Crippen LogP contribution in [0.4, 0.5) is 5.69 Å². The van der Waals surface area contributed by atoms with Crippen molar-refractivity contribution in [3.05, 3.63) is 60.2 Å². The molecule has 130 valence electrons. The Kier molecular flexibility index (Phi) is 5.03. The lowest BCUT2D eigenvalue weighted by molar-refractivity contribution is -0.128. The van der Waals surface area contributed by atoms with Crippen molar-refractivity contribution in [3.63, 3.8) is 0 Å². The number of nitrogens with one attached hydrogen (secondary N) is 1. The molecule has 0 bridgehead atoms. The zero-order valence-corrected chi connectivity index (χ0v) is 14.4. The van der Waals surface area contributed by atoms with E-state index in [1.54, 1.807) is 11.0 Å². The van der Waals surface area contributed by atoms with Crippen molar-refractivity contribution in [1.82, 2.24) is 5.32 Å². The number of para-hydroxylation sites is 2. The predicted octanol–water partition coefficient (Wildman–Crippen LogP) is 2.72. The van der Waals surface area contributed by atoms with Crippen LogP contribution in [0.25, 0.3) is 0 Å². The van der Waals surface area contributed by atoms with Gasteiger partial charge in [-0.1, -0.05) is 49.4 Å². The SMILES string of the molecule is CC(=O)N1C[C@@H](C(=O)NC[C@@H](C)c2ccccc2)Oc2ccccc21. The highest BCUT2D eigenvalue weighted by Gasteiger charge is 2.32. The fraction of sp³-hybridized carbons (Fsp3) is 0.300. The number of hydrogen-bond acceptors (Lipinski definition) is 3. The lowest BCUT2D eigenvalue weighted by Crippen LogP contribution is -2.50. The van der Waals surface area contributed by atoms with Crippen LogP contribution in [0.15, 0.2) is 54.6 Å². The molecule has 2 atom stereocenters. The van der Waals surface area contributed by atoms with Crippen molar-refractivity contribution in [2.24, 2.45) is 0 Å². The second-order valence-corrected chi connectivity index (χ2v) is 6.26. The average Bonchev–Trinajstić information content (AvgIpc) is 2.65. The van der Waals surface area contributed by atoms with Gasteiger partial charge in [0.05, 0.1) is 12.2 Å². The molecule has 0 saturated heterocycles. The van der Waals surface area contributed by atoms with Gasteiger partial charge in [-0.25, -0.2) is 0 Å². The number of fused-ring (bicyclic) bond motifs is 1. The van der Waals surface area contributed by atoms with E-state index < -0.39 is 6.10 Å². The molecule has 0 aromatic heterocycles. The summed E-state index contributed by atoms with van der Waals surface area (Å²) in [5, 5.41) is 2.94. The molecule has 5 nitrogen and oxygen atoms in total. The number of ether oxygens (including phenoxy) is 1. The Labute approximate surface area is 147 Å². The first-order valence-electron chi connectivity index (χ1n) is 8.42. The van der Waals surface area contributed by atoms with Crippen LogP contribution in [-0.4, -0.2) is 31.0 Å². The summed E-state index contributed by atoms with van der Waals surface area (Å²) in [6.07, 6.45) is -0.707. The Morgan fingerprint density at radius 1 is 1.16 bits per heavy atom. The molecule has 3 rings (SSSR count). The molecule has 2 amide bonds. The molecule has 0 saturated carbocycles. The highest BCUT2D eigenvalue weighted by Crippen LogP contribution is 2.33. The summed E-state index contributed by atoms with van der Waals surface area (Å²) in [5.74, 6) is 0.444. The van der Waals surface area contributed by atoms with Gasteiger partial charge in [0.2, 0.25) is 5.91 Å². The molecule has 2 aromatic carbocycles. The van der Waals surface area contributed by atoms with Crippen molar-refractivity contribution in [3.8, 4) is 5.75 Å². The van der Waals surface area contributed by atoms with Crippen molar-refractivity contribution in [1.29, 1.82) is 0 Å². The molecule has 0 spiro atoms. The second kappa shape index (κ2) is 7.38. The summed E-state index contributed by atoms with van der Waals surface area (Å²) in [5.41, 5.74) is 1.87. The summed E-state index contributed by atoms with van der Waals surface area (Å²) in [6, 6.07) is 17.3. The quantitative estimate of drug-likeness (QED) is 0.932. The summed E-state index contributed by atoms with van der Waals surface area (Å²) < 4.78 is 5.81. The van der Waals surface area contributed by atoms with Gasteiger partial charge < -0.3 is 15.0 Å². The number of carbonyl (C=O) groups is 2. The summed E-state index contributed by atoms with van der Waals surface area (Å²) in [6.45, 7) is 4.30. The van der Waals surface area contributed by atoms with Gasteiger partial charge in [-0.2, -0.15) is 0 Å². The van der Waals surface area contributed by atoms with Crippen LogP contribution in [0.3, 0.4) is 0 Å².